The van der Waals surface area contributed by atoms with Crippen LogP contribution in [-0.2, 0) is 0 Å². The molecule has 0 aliphatic heterocycles. The second-order valence-corrected chi connectivity index (χ2v) is 7.39. The number of phenolic OH excluding ortho intramolecular Hbond substituents is 2. The zero-order valence-corrected chi connectivity index (χ0v) is 20.2. The van der Waals surface area contributed by atoms with Gasteiger partial charge in [-0.15, -0.1) is 0 Å². The highest BCUT2D eigenvalue weighted by Gasteiger charge is 2.18. The van der Waals surface area contributed by atoms with Gasteiger partial charge in [-0.25, -0.2) is 15.0 Å². The largest absolute Gasteiger partial charge is 0.507 e. The van der Waals surface area contributed by atoms with E-state index in [-0.39, 0.29) is 23.1 Å². The number of aromatic hydroxyl groups is 2. The second kappa shape index (κ2) is 10.7. The molecule has 0 unspecified atom stereocenters. The predicted octanol–water partition coefficient (Wildman–Crippen LogP) is 5.94. The van der Waals surface area contributed by atoms with Crippen molar-refractivity contribution in [3.8, 4) is 57.2 Å². The highest BCUT2D eigenvalue weighted by molar-refractivity contribution is 5.73. The van der Waals surface area contributed by atoms with Crippen molar-refractivity contribution in [2.45, 2.75) is 27.7 Å². The van der Waals surface area contributed by atoms with Crippen molar-refractivity contribution in [2.75, 3.05) is 14.2 Å². The molecule has 0 saturated carbocycles. The molecule has 176 valence electrons. The number of ether oxygens (including phenoxy) is 2. The van der Waals surface area contributed by atoms with Gasteiger partial charge in [-0.2, -0.15) is 0 Å². The standard InChI is InChI=1S/C25H23N3O4.C2H6/c1-14-5-8-18(15(2)11-14)23-26-24(19-9-6-16(31-3)12-21(19)29)28-25(27-23)20-10-7-17(32-4)13-22(20)30;1-2/h5-13,29-30H,1-4H3;1-2H3. The van der Waals surface area contributed by atoms with Crippen LogP contribution in [0.1, 0.15) is 25.0 Å². The van der Waals surface area contributed by atoms with E-state index >= 15 is 0 Å². The van der Waals surface area contributed by atoms with Crippen molar-refractivity contribution >= 4 is 0 Å². The topological polar surface area (TPSA) is 97.6 Å². The normalized spacial score (nSPS) is 10.3. The lowest BCUT2D eigenvalue weighted by molar-refractivity contribution is 0.408. The number of rotatable bonds is 5. The van der Waals surface area contributed by atoms with Crippen molar-refractivity contribution in [3.05, 3.63) is 65.7 Å². The van der Waals surface area contributed by atoms with E-state index in [0.29, 0.717) is 28.5 Å². The highest BCUT2D eigenvalue weighted by atomic mass is 16.5. The van der Waals surface area contributed by atoms with E-state index in [1.165, 1.54) is 26.4 Å². The fourth-order valence-electron chi connectivity index (χ4n) is 3.46. The maximum atomic E-state index is 10.6. The van der Waals surface area contributed by atoms with E-state index in [4.69, 9.17) is 9.47 Å². The molecular formula is C27H29N3O4. The molecule has 4 rings (SSSR count). The summed E-state index contributed by atoms with van der Waals surface area (Å²) in [4.78, 5) is 13.8. The van der Waals surface area contributed by atoms with Crippen LogP contribution in [0, 0.1) is 13.8 Å². The minimum atomic E-state index is -0.0213. The fraction of sp³-hybridized carbons (Fsp3) is 0.222. The third-order valence-electron chi connectivity index (χ3n) is 5.15. The SMILES string of the molecule is CC.COc1ccc(-c2nc(-c3ccc(C)cc3C)nc(-c3ccc(OC)cc3O)n2)c(O)c1. The van der Waals surface area contributed by atoms with Gasteiger partial charge in [0.05, 0.1) is 25.3 Å². The lowest BCUT2D eigenvalue weighted by Gasteiger charge is -2.12. The maximum Gasteiger partial charge on any atom is 0.167 e. The Hall–Kier alpha value is -4.13. The minimum Gasteiger partial charge on any atom is -0.507 e. The molecule has 0 radical (unpaired) electrons. The van der Waals surface area contributed by atoms with Gasteiger partial charge in [0.15, 0.2) is 17.5 Å². The maximum absolute atomic E-state index is 10.6. The van der Waals surface area contributed by atoms with Crippen LogP contribution in [0.4, 0.5) is 0 Å². The third-order valence-corrected chi connectivity index (χ3v) is 5.15. The molecule has 7 heteroatoms. The van der Waals surface area contributed by atoms with E-state index in [1.54, 1.807) is 24.3 Å². The van der Waals surface area contributed by atoms with Crippen molar-refractivity contribution in [3.63, 3.8) is 0 Å². The summed E-state index contributed by atoms with van der Waals surface area (Å²) in [6.45, 7) is 8.01. The monoisotopic (exact) mass is 459 g/mol. The molecule has 0 aliphatic carbocycles. The Balaban J connectivity index is 0.00000158. The molecule has 0 saturated heterocycles. The van der Waals surface area contributed by atoms with Crippen LogP contribution in [0.3, 0.4) is 0 Å². The molecule has 1 aromatic heterocycles. The summed E-state index contributed by atoms with van der Waals surface area (Å²) >= 11 is 0. The fourth-order valence-corrected chi connectivity index (χ4v) is 3.46. The molecule has 0 spiro atoms. The first-order valence-electron chi connectivity index (χ1n) is 11.0. The number of aryl methyl sites for hydroxylation is 2. The molecular weight excluding hydrogens is 430 g/mol. The quantitative estimate of drug-likeness (QED) is 0.381. The van der Waals surface area contributed by atoms with Gasteiger partial charge in [0.1, 0.15) is 23.0 Å². The summed E-state index contributed by atoms with van der Waals surface area (Å²) in [5.41, 5.74) is 3.82. The molecule has 3 aromatic carbocycles. The summed E-state index contributed by atoms with van der Waals surface area (Å²) in [7, 11) is 3.06. The van der Waals surface area contributed by atoms with Crippen LogP contribution >= 0.6 is 0 Å². The Bertz CT molecular complexity index is 1230. The molecule has 0 bridgehead atoms. The molecule has 34 heavy (non-hydrogen) atoms. The van der Waals surface area contributed by atoms with Gasteiger partial charge in [-0.05, 0) is 43.7 Å². The van der Waals surface area contributed by atoms with Crippen LogP contribution in [0.5, 0.6) is 23.0 Å². The second-order valence-electron chi connectivity index (χ2n) is 7.39. The van der Waals surface area contributed by atoms with Crippen molar-refractivity contribution < 1.29 is 19.7 Å². The van der Waals surface area contributed by atoms with E-state index in [9.17, 15) is 10.2 Å². The molecule has 0 aliphatic rings. The summed E-state index contributed by atoms with van der Waals surface area (Å²) in [5.74, 6) is 1.98. The minimum absolute atomic E-state index is 0.0213. The average Bonchev–Trinajstić information content (AvgIpc) is 2.84. The van der Waals surface area contributed by atoms with E-state index < -0.39 is 0 Å². The summed E-state index contributed by atoms with van der Waals surface area (Å²) < 4.78 is 10.4. The Morgan fingerprint density at radius 3 is 1.38 bits per heavy atom. The van der Waals surface area contributed by atoms with Crippen molar-refractivity contribution in [2.24, 2.45) is 0 Å². The molecule has 0 amide bonds. The van der Waals surface area contributed by atoms with Crippen LogP contribution < -0.4 is 9.47 Å². The van der Waals surface area contributed by atoms with Gasteiger partial charge in [0, 0.05) is 17.7 Å². The Kier molecular flexibility index (Phi) is 7.68. The van der Waals surface area contributed by atoms with Crippen LogP contribution in [0.2, 0.25) is 0 Å². The zero-order chi connectivity index (χ0) is 24.8. The lowest BCUT2D eigenvalue weighted by Crippen LogP contribution is -2.01. The molecule has 0 atom stereocenters. The lowest BCUT2D eigenvalue weighted by atomic mass is 10.0. The Morgan fingerprint density at radius 1 is 0.588 bits per heavy atom. The van der Waals surface area contributed by atoms with Crippen molar-refractivity contribution in [1.29, 1.82) is 0 Å². The molecule has 0 fully saturated rings. The van der Waals surface area contributed by atoms with E-state index in [1.807, 2.05) is 45.9 Å². The van der Waals surface area contributed by atoms with E-state index in [0.717, 1.165) is 16.7 Å². The van der Waals surface area contributed by atoms with Gasteiger partial charge in [0.2, 0.25) is 0 Å². The molecule has 4 aromatic rings. The number of hydrogen-bond acceptors (Lipinski definition) is 7. The smallest absolute Gasteiger partial charge is 0.167 e. The van der Waals surface area contributed by atoms with Gasteiger partial charge in [0.25, 0.3) is 0 Å². The number of phenols is 2. The first-order chi connectivity index (χ1) is 16.4. The average molecular weight is 460 g/mol. The highest BCUT2D eigenvalue weighted by Crippen LogP contribution is 2.35. The first kappa shape index (κ1) is 24.5. The predicted molar refractivity (Wildman–Crippen MR) is 133 cm³/mol. The number of aromatic nitrogens is 3. The van der Waals surface area contributed by atoms with Crippen LogP contribution in [0.25, 0.3) is 34.2 Å². The van der Waals surface area contributed by atoms with Gasteiger partial charge < -0.3 is 19.7 Å². The molecule has 2 N–H and O–H groups in total. The van der Waals surface area contributed by atoms with E-state index in [2.05, 4.69) is 15.0 Å². The molecule has 1 heterocycles. The number of benzene rings is 3. The number of nitrogens with zero attached hydrogens (tertiary/aromatic N) is 3. The first-order valence-corrected chi connectivity index (χ1v) is 11.0. The zero-order valence-electron chi connectivity index (χ0n) is 20.2. The Labute approximate surface area is 199 Å². The molecule has 7 nitrogen and oxygen atoms in total. The number of hydrogen-bond donors (Lipinski definition) is 2. The van der Waals surface area contributed by atoms with Crippen LogP contribution in [0.15, 0.2) is 54.6 Å². The number of methoxy groups -OCH3 is 2. The van der Waals surface area contributed by atoms with Gasteiger partial charge >= 0.3 is 0 Å². The summed E-state index contributed by atoms with van der Waals surface area (Å²) in [6.07, 6.45) is 0. The van der Waals surface area contributed by atoms with Crippen LogP contribution in [-0.4, -0.2) is 39.4 Å². The third kappa shape index (κ3) is 5.09. The van der Waals surface area contributed by atoms with Gasteiger partial charge in [-0.1, -0.05) is 37.6 Å². The Morgan fingerprint density at radius 2 is 1.00 bits per heavy atom. The summed E-state index contributed by atoms with van der Waals surface area (Å²) in [5, 5.41) is 21.1. The summed E-state index contributed by atoms with van der Waals surface area (Å²) in [6, 6.07) is 15.8. The van der Waals surface area contributed by atoms with Crippen molar-refractivity contribution in [1.82, 2.24) is 15.0 Å². The van der Waals surface area contributed by atoms with Gasteiger partial charge in [-0.3, -0.25) is 0 Å².